The van der Waals surface area contributed by atoms with Gasteiger partial charge in [0.05, 0.1) is 0 Å². The zero-order chi connectivity index (χ0) is 7.11. The maximum absolute atomic E-state index is 9.86. The zero-order valence-corrected chi connectivity index (χ0v) is 6.57. The molecule has 0 aromatic carbocycles. The molecule has 0 aromatic heterocycles. The maximum atomic E-state index is 9.86. The average molecular weight is 172 g/mol. The zero-order valence-electron chi connectivity index (χ0n) is 4.92. The first-order valence-corrected chi connectivity index (χ1v) is 4.29. The molecular weight excluding hydrogens is 162 g/mol. The monoisotopic (exact) mass is 171 g/mol. The molecule has 1 unspecified atom stereocenters. The lowest BCUT2D eigenvalue weighted by Crippen LogP contribution is -1.86. The molecule has 0 heterocycles. The predicted molar refractivity (Wildman–Crippen MR) is 35.7 cm³/mol. The SMILES string of the molecule is O=[P+](O)OCCCCCl. The van der Waals surface area contributed by atoms with Gasteiger partial charge in [-0.25, -0.2) is 0 Å². The Morgan fingerprint density at radius 1 is 1.56 bits per heavy atom. The molecule has 5 heteroatoms. The fraction of sp³-hybridized carbons (Fsp3) is 1.00. The van der Waals surface area contributed by atoms with Crippen LogP contribution >= 0.6 is 19.9 Å². The van der Waals surface area contributed by atoms with E-state index in [2.05, 4.69) is 4.52 Å². The van der Waals surface area contributed by atoms with Crippen LogP contribution in [0, 0.1) is 0 Å². The molecule has 0 fully saturated rings. The van der Waals surface area contributed by atoms with Crippen molar-refractivity contribution in [3.05, 3.63) is 0 Å². The third-order valence-corrected chi connectivity index (χ3v) is 1.40. The highest BCUT2D eigenvalue weighted by molar-refractivity contribution is 7.32. The first-order valence-electron chi connectivity index (χ1n) is 2.62. The Morgan fingerprint density at radius 2 is 2.22 bits per heavy atom. The van der Waals surface area contributed by atoms with Gasteiger partial charge in [0, 0.05) is 10.4 Å². The Kier molecular flexibility index (Phi) is 6.65. The second-order valence-corrected chi connectivity index (χ2v) is 2.58. The lowest BCUT2D eigenvalue weighted by molar-refractivity contribution is 0.277. The highest BCUT2D eigenvalue weighted by Crippen LogP contribution is 2.14. The summed E-state index contributed by atoms with van der Waals surface area (Å²) in [6, 6.07) is 0. The van der Waals surface area contributed by atoms with E-state index in [1.165, 1.54) is 0 Å². The summed E-state index contributed by atoms with van der Waals surface area (Å²) in [5.41, 5.74) is 0. The molecule has 0 amide bonds. The van der Waals surface area contributed by atoms with Crippen LogP contribution in [-0.4, -0.2) is 17.4 Å². The molecule has 1 atom stereocenters. The van der Waals surface area contributed by atoms with Gasteiger partial charge in [0.2, 0.25) is 0 Å². The molecule has 0 bridgehead atoms. The fourth-order valence-electron chi connectivity index (χ4n) is 0.339. The van der Waals surface area contributed by atoms with Gasteiger partial charge in [0.15, 0.2) is 0 Å². The summed E-state index contributed by atoms with van der Waals surface area (Å²) in [5.74, 6) is 0.575. The van der Waals surface area contributed by atoms with Gasteiger partial charge in [-0.05, 0) is 12.8 Å². The summed E-state index contributed by atoms with van der Waals surface area (Å²) in [4.78, 5) is 8.11. The van der Waals surface area contributed by atoms with E-state index in [1.54, 1.807) is 0 Å². The molecule has 9 heavy (non-hydrogen) atoms. The van der Waals surface area contributed by atoms with Crippen LogP contribution in [-0.2, 0) is 9.09 Å². The second kappa shape index (κ2) is 6.43. The van der Waals surface area contributed by atoms with Crippen molar-refractivity contribution in [1.82, 2.24) is 0 Å². The largest absolute Gasteiger partial charge is 0.694 e. The molecule has 3 nitrogen and oxygen atoms in total. The molecule has 0 rings (SSSR count). The van der Waals surface area contributed by atoms with E-state index in [9.17, 15) is 4.57 Å². The third kappa shape index (κ3) is 8.31. The van der Waals surface area contributed by atoms with Gasteiger partial charge in [-0.15, -0.1) is 21.0 Å². The van der Waals surface area contributed by atoms with E-state index in [-0.39, 0.29) is 0 Å². The molecule has 0 radical (unpaired) electrons. The van der Waals surface area contributed by atoms with Crippen molar-refractivity contribution in [1.29, 1.82) is 0 Å². The summed E-state index contributed by atoms with van der Waals surface area (Å²) in [7, 11) is -2.41. The van der Waals surface area contributed by atoms with Crippen molar-refractivity contribution in [3.8, 4) is 0 Å². The summed E-state index contributed by atoms with van der Waals surface area (Å²) >= 11 is 5.33. The van der Waals surface area contributed by atoms with Gasteiger partial charge >= 0.3 is 8.25 Å². The van der Waals surface area contributed by atoms with Crippen LogP contribution < -0.4 is 0 Å². The molecule has 0 saturated carbocycles. The van der Waals surface area contributed by atoms with Crippen molar-refractivity contribution in [3.63, 3.8) is 0 Å². The van der Waals surface area contributed by atoms with Gasteiger partial charge in [-0.1, -0.05) is 0 Å². The normalized spacial score (nSPS) is 11.6. The van der Waals surface area contributed by atoms with E-state index >= 15 is 0 Å². The van der Waals surface area contributed by atoms with Gasteiger partial charge in [0.25, 0.3) is 0 Å². The topological polar surface area (TPSA) is 46.5 Å². The van der Waals surface area contributed by atoms with Crippen LogP contribution in [0.1, 0.15) is 12.8 Å². The summed E-state index contributed by atoms with van der Waals surface area (Å²) < 4.78 is 14.2. The number of rotatable bonds is 5. The fourth-order valence-corrected chi connectivity index (χ4v) is 0.813. The maximum Gasteiger partial charge on any atom is 0.694 e. The van der Waals surface area contributed by atoms with E-state index in [0.29, 0.717) is 12.5 Å². The van der Waals surface area contributed by atoms with Crippen LogP contribution in [0.4, 0.5) is 0 Å². The number of alkyl halides is 1. The Hall–Kier alpha value is 0.310. The summed E-state index contributed by atoms with van der Waals surface area (Å²) in [5, 5.41) is 0. The molecule has 0 aliphatic carbocycles. The standard InChI is InChI=1S/C4H8ClO3P/c5-3-1-2-4-8-9(6)7/h1-4H2/p+1. The van der Waals surface area contributed by atoms with Crippen molar-refractivity contribution in [2.45, 2.75) is 12.8 Å². The van der Waals surface area contributed by atoms with Gasteiger partial charge < -0.3 is 0 Å². The number of halogens is 1. The Labute approximate surface area is 59.9 Å². The summed E-state index contributed by atoms with van der Waals surface area (Å²) in [6.07, 6.45) is 1.57. The van der Waals surface area contributed by atoms with Crippen LogP contribution in [0.15, 0.2) is 0 Å². The average Bonchev–Trinajstić information content (AvgIpc) is 1.80. The van der Waals surface area contributed by atoms with E-state index < -0.39 is 8.25 Å². The minimum absolute atomic E-state index is 0.318. The number of unbranched alkanes of at least 4 members (excludes halogenated alkanes) is 1. The molecular formula is C4H9ClO3P+. The molecule has 0 aliphatic heterocycles. The predicted octanol–water partition coefficient (Wildman–Crippen LogP) is 1.67. The first kappa shape index (κ1) is 9.31. The minimum atomic E-state index is -2.41. The highest BCUT2D eigenvalue weighted by atomic mass is 35.5. The number of hydrogen-bond donors (Lipinski definition) is 1. The Bertz CT molecular complexity index is 87.9. The van der Waals surface area contributed by atoms with Crippen molar-refractivity contribution >= 4 is 19.9 Å². The highest BCUT2D eigenvalue weighted by Gasteiger charge is 2.09. The minimum Gasteiger partial charge on any atom is -0.133 e. The quantitative estimate of drug-likeness (QED) is 0.389. The third-order valence-electron chi connectivity index (χ3n) is 0.730. The molecule has 54 valence electrons. The molecule has 0 saturated heterocycles. The molecule has 0 spiro atoms. The van der Waals surface area contributed by atoms with E-state index in [1.807, 2.05) is 0 Å². The first-order chi connectivity index (χ1) is 4.27. The van der Waals surface area contributed by atoms with Crippen molar-refractivity contribution in [2.75, 3.05) is 12.5 Å². The Morgan fingerprint density at radius 3 is 2.67 bits per heavy atom. The van der Waals surface area contributed by atoms with Gasteiger partial charge in [-0.3, -0.25) is 0 Å². The van der Waals surface area contributed by atoms with Crippen molar-refractivity contribution in [2.24, 2.45) is 0 Å². The molecule has 0 aliphatic rings. The van der Waals surface area contributed by atoms with Crippen LogP contribution in [0.3, 0.4) is 0 Å². The summed E-state index contributed by atoms with van der Waals surface area (Å²) in [6.45, 7) is 0.318. The smallest absolute Gasteiger partial charge is 0.133 e. The van der Waals surface area contributed by atoms with Crippen LogP contribution in [0.25, 0.3) is 0 Å². The van der Waals surface area contributed by atoms with Gasteiger partial charge in [-0.2, -0.15) is 0 Å². The van der Waals surface area contributed by atoms with Crippen LogP contribution in [0.2, 0.25) is 0 Å². The number of hydrogen-bond acceptors (Lipinski definition) is 2. The van der Waals surface area contributed by atoms with E-state index in [4.69, 9.17) is 16.5 Å². The molecule has 1 N–H and O–H groups in total. The lowest BCUT2D eigenvalue weighted by Gasteiger charge is -1.86. The molecule has 0 aromatic rings. The van der Waals surface area contributed by atoms with Crippen molar-refractivity contribution < 1.29 is 14.0 Å². The van der Waals surface area contributed by atoms with Crippen LogP contribution in [0.5, 0.6) is 0 Å². The van der Waals surface area contributed by atoms with Gasteiger partial charge in [0.1, 0.15) is 6.61 Å². The van der Waals surface area contributed by atoms with E-state index in [0.717, 1.165) is 12.8 Å². The second-order valence-electron chi connectivity index (χ2n) is 1.47. The Balaban J connectivity index is 2.83. The lowest BCUT2D eigenvalue weighted by atomic mass is 10.4.